The Balaban J connectivity index is 1.98. The summed E-state index contributed by atoms with van der Waals surface area (Å²) in [5, 5.41) is 4.57. The van der Waals surface area contributed by atoms with E-state index in [9.17, 15) is 0 Å². The number of hydrogen-bond acceptors (Lipinski definition) is 2. The summed E-state index contributed by atoms with van der Waals surface area (Å²) < 4.78 is 5.10. The number of aromatic amines is 1. The minimum absolute atomic E-state index is 0.824. The molecule has 0 fully saturated rings. The first-order valence-electron chi connectivity index (χ1n) is 8.20. The molecule has 0 saturated heterocycles. The van der Waals surface area contributed by atoms with Gasteiger partial charge in [0.25, 0.3) is 0 Å². The van der Waals surface area contributed by atoms with E-state index in [4.69, 9.17) is 12.2 Å². The van der Waals surface area contributed by atoms with E-state index in [2.05, 4.69) is 40.1 Å². The van der Waals surface area contributed by atoms with E-state index in [1.54, 1.807) is 0 Å². The molecule has 0 spiro atoms. The van der Waals surface area contributed by atoms with Crippen molar-refractivity contribution >= 4 is 23.4 Å². The molecule has 2 rings (SSSR count). The topological polar surface area (TPSA) is 38.5 Å². The summed E-state index contributed by atoms with van der Waals surface area (Å²) in [6, 6.07) is 0. The van der Waals surface area contributed by atoms with Gasteiger partial charge in [-0.3, -0.25) is 0 Å². The number of unbranched alkanes of at least 4 members (excludes halogenated alkanes) is 3. The molecule has 2 aromatic heterocycles. The fourth-order valence-corrected chi connectivity index (χ4v) is 3.14. The van der Waals surface area contributed by atoms with Crippen molar-refractivity contribution in [2.45, 2.75) is 72.9 Å². The van der Waals surface area contributed by atoms with Crippen LogP contribution in [0.5, 0.6) is 0 Å². The summed E-state index contributed by atoms with van der Waals surface area (Å²) in [5.41, 5.74) is 3.29. The first-order chi connectivity index (χ1) is 10.0. The molecule has 0 aliphatic heterocycles. The van der Waals surface area contributed by atoms with E-state index in [0.717, 1.165) is 40.6 Å². The van der Waals surface area contributed by atoms with Gasteiger partial charge in [-0.15, -0.1) is 0 Å². The third kappa shape index (κ3) is 3.76. The van der Waals surface area contributed by atoms with Crippen molar-refractivity contribution in [3.8, 4) is 0 Å². The predicted molar refractivity (Wildman–Crippen MR) is 91.2 cm³/mol. The fourth-order valence-electron chi connectivity index (χ4n) is 2.86. The Bertz CT molecular complexity index is 633. The quantitative estimate of drug-likeness (QED) is 0.560. The van der Waals surface area contributed by atoms with Crippen LogP contribution >= 0.6 is 12.2 Å². The molecule has 2 heterocycles. The van der Waals surface area contributed by atoms with Crippen molar-refractivity contribution < 1.29 is 0 Å². The van der Waals surface area contributed by atoms with Gasteiger partial charge in [-0.1, -0.05) is 39.5 Å². The smallest absolute Gasteiger partial charge is 0.179 e. The lowest BCUT2D eigenvalue weighted by atomic mass is 10.0. The fraction of sp³-hybridized carbons (Fsp3) is 0.750. The van der Waals surface area contributed by atoms with Crippen molar-refractivity contribution in [2.24, 2.45) is 5.92 Å². The normalized spacial score (nSPS) is 11.9. The summed E-state index contributed by atoms with van der Waals surface area (Å²) in [5.74, 6) is 0.824. The monoisotopic (exact) mass is 308 g/mol. The molecule has 118 valence electrons. The third-order valence-electron chi connectivity index (χ3n) is 4.05. The van der Waals surface area contributed by atoms with Gasteiger partial charge >= 0.3 is 0 Å². The predicted octanol–water partition coefficient (Wildman–Crippen LogP) is 4.83. The van der Waals surface area contributed by atoms with Crippen LogP contribution in [0.25, 0.3) is 11.2 Å². The van der Waals surface area contributed by atoms with Crippen molar-refractivity contribution in [1.29, 1.82) is 0 Å². The van der Waals surface area contributed by atoms with Crippen LogP contribution in [0.15, 0.2) is 0 Å². The van der Waals surface area contributed by atoms with Gasteiger partial charge < -0.3 is 9.55 Å². The lowest BCUT2D eigenvalue weighted by molar-refractivity contribution is 0.504. The highest BCUT2D eigenvalue weighted by atomic mass is 32.1. The van der Waals surface area contributed by atoms with Gasteiger partial charge in [-0.25, -0.2) is 4.68 Å². The zero-order valence-corrected chi connectivity index (χ0v) is 14.6. The minimum atomic E-state index is 0.824. The average Bonchev–Trinajstić information content (AvgIpc) is 2.91. The van der Waals surface area contributed by atoms with Gasteiger partial charge in [0.05, 0.1) is 5.69 Å². The van der Waals surface area contributed by atoms with E-state index in [1.165, 1.54) is 32.1 Å². The molecule has 0 saturated carbocycles. The summed E-state index contributed by atoms with van der Waals surface area (Å²) >= 11 is 5.48. The van der Waals surface area contributed by atoms with E-state index in [-0.39, 0.29) is 0 Å². The third-order valence-corrected chi connectivity index (χ3v) is 4.37. The Labute approximate surface area is 132 Å². The largest absolute Gasteiger partial charge is 0.328 e. The molecule has 0 atom stereocenters. The second-order valence-electron chi connectivity index (χ2n) is 6.28. The molecule has 0 radical (unpaired) electrons. The molecule has 4 nitrogen and oxygen atoms in total. The second kappa shape index (κ2) is 7.25. The van der Waals surface area contributed by atoms with Crippen molar-refractivity contribution in [1.82, 2.24) is 19.3 Å². The summed E-state index contributed by atoms with van der Waals surface area (Å²) in [6.07, 6.45) is 6.48. The lowest BCUT2D eigenvalue weighted by Gasteiger charge is -2.07. The highest BCUT2D eigenvalue weighted by molar-refractivity contribution is 7.71. The number of aromatic nitrogens is 4. The Hall–Kier alpha value is -1.10. The number of nitrogens with one attached hydrogen (secondary N) is 1. The Morgan fingerprint density at radius 3 is 2.57 bits per heavy atom. The summed E-state index contributed by atoms with van der Waals surface area (Å²) in [6.45, 7) is 10.6. The second-order valence-corrected chi connectivity index (χ2v) is 6.67. The number of aryl methyl sites for hydroxylation is 3. The molecule has 21 heavy (non-hydrogen) atoms. The molecule has 0 aromatic carbocycles. The zero-order valence-electron chi connectivity index (χ0n) is 13.8. The van der Waals surface area contributed by atoms with Gasteiger partial charge in [-0.05, 0) is 38.4 Å². The minimum Gasteiger partial charge on any atom is -0.328 e. The van der Waals surface area contributed by atoms with Crippen molar-refractivity contribution in [3.63, 3.8) is 0 Å². The molecule has 1 N–H and O–H groups in total. The van der Waals surface area contributed by atoms with Crippen LogP contribution in [-0.4, -0.2) is 19.3 Å². The maximum atomic E-state index is 5.48. The molecule has 0 unspecified atom stereocenters. The molecule has 0 aliphatic carbocycles. The van der Waals surface area contributed by atoms with Gasteiger partial charge in [0.1, 0.15) is 5.52 Å². The first kappa shape index (κ1) is 16.3. The standard InChI is InChI=1S/C16H28N4S/c1-5-20-15-14(13(4)18-20)17-16(21)19(15)11-9-7-6-8-10-12(2)3/h12H,5-11H2,1-4H3,(H,17,21). The Kier molecular flexibility index (Phi) is 5.62. The number of imidazole rings is 1. The molecule has 2 aromatic rings. The Morgan fingerprint density at radius 2 is 1.90 bits per heavy atom. The lowest BCUT2D eigenvalue weighted by Crippen LogP contribution is -2.05. The highest BCUT2D eigenvalue weighted by Gasteiger charge is 2.13. The molecular formula is C16H28N4S. The van der Waals surface area contributed by atoms with E-state index >= 15 is 0 Å². The van der Waals surface area contributed by atoms with Crippen LogP contribution in [0, 0.1) is 17.6 Å². The van der Waals surface area contributed by atoms with E-state index < -0.39 is 0 Å². The van der Waals surface area contributed by atoms with Crippen molar-refractivity contribution in [3.05, 3.63) is 10.5 Å². The number of H-pyrrole nitrogens is 1. The van der Waals surface area contributed by atoms with Crippen LogP contribution in [0.4, 0.5) is 0 Å². The summed E-state index contributed by atoms with van der Waals surface area (Å²) in [7, 11) is 0. The SMILES string of the molecule is CCn1nc(C)c2[nH]c(=S)n(CCCCCCC(C)C)c21. The van der Waals surface area contributed by atoms with Gasteiger partial charge in [0, 0.05) is 13.1 Å². The van der Waals surface area contributed by atoms with E-state index in [0.29, 0.717) is 0 Å². The van der Waals surface area contributed by atoms with Crippen LogP contribution in [0.2, 0.25) is 0 Å². The molecule has 0 bridgehead atoms. The van der Waals surface area contributed by atoms with Crippen LogP contribution < -0.4 is 0 Å². The average molecular weight is 308 g/mol. The summed E-state index contributed by atoms with van der Waals surface area (Å²) in [4.78, 5) is 3.31. The molecular weight excluding hydrogens is 280 g/mol. The number of nitrogens with zero attached hydrogens (tertiary/aromatic N) is 3. The maximum Gasteiger partial charge on any atom is 0.179 e. The Morgan fingerprint density at radius 1 is 1.19 bits per heavy atom. The van der Waals surface area contributed by atoms with Gasteiger partial charge in [-0.2, -0.15) is 5.10 Å². The first-order valence-corrected chi connectivity index (χ1v) is 8.61. The van der Waals surface area contributed by atoms with Crippen molar-refractivity contribution in [2.75, 3.05) is 0 Å². The maximum absolute atomic E-state index is 5.48. The van der Waals surface area contributed by atoms with Crippen LogP contribution in [0.1, 0.15) is 58.6 Å². The molecule has 0 amide bonds. The number of hydrogen-bond donors (Lipinski definition) is 1. The van der Waals surface area contributed by atoms with Crippen LogP contribution in [0.3, 0.4) is 0 Å². The molecule has 5 heteroatoms. The van der Waals surface area contributed by atoms with Gasteiger partial charge in [0.2, 0.25) is 0 Å². The van der Waals surface area contributed by atoms with Gasteiger partial charge in [0.15, 0.2) is 10.4 Å². The number of rotatable bonds is 8. The van der Waals surface area contributed by atoms with Crippen LogP contribution in [-0.2, 0) is 13.1 Å². The molecule has 0 aliphatic rings. The van der Waals surface area contributed by atoms with E-state index in [1.807, 2.05) is 6.92 Å². The number of fused-ring (bicyclic) bond motifs is 1. The highest BCUT2D eigenvalue weighted by Crippen LogP contribution is 2.19. The zero-order chi connectivity index (χ0) is 15.4.